The zero-order valence-corrected chi connectivity index (χ0v) is 16.8. The molecule has 8 nitrogen and oxygen atoms in total. The average Bonchev–Trinajstić information content (AvgIpc) is 2.80. The highest BCUT2D eigenvalue weighted by atomic mass is 35.5. The van der Waals surface area contributed by atoms with Crippen LogP contribution in [-0.4, -0.2) is 32.1 Å². The Labute approximate surface area is 181 Å². The number of anilines is 1. The molecule has 3 aromatic heterocycles. The van der Waals surface area contributed by atoms with Crippen molar-refractivity contribution >= 4 is 34.2 Å². The van der Waals surface area contributed by atoms with E-state index in [9.17, 15) is 9.59 Å². The summed E-state index contributed by atoms with van der Waals surface area (Å²) in [6, 6.07) is 12.0. The number of nitrogens with one attached hydrogen (secondary N) is 1. The maximum atomic E-state index is 13.3. The normalized spacial score (nSPS) is 13.5. The molecular weight excluding hydrogens is 416 g/mol. The minimum Gasteiger partial charge on any atom is -0.334 e. The van der Waals surface area contributed by atoms with E-state index >= 15 is 0 Å². The summed E-state index contributed by atoms with van der Waals surface area (Å²) in [5.41, 5.74) is 1.63. The second-order valence-corrected chi connectivity index (χ2v) is 7.23. The van der Waals surface area contributed by atoms with E-state index in [4.69, 9.17) is 16.6 Å². The quantitative estimate of drug-likeness (QED) is 0.536. The number of rotatable bonds is 3. The van der Waals surface area contributed by atoms with E-state index in [-0.39, 0.29) is 11.6 Å². The fourth-order valence-electron chi connectivity index (χ4n) is 3.37. The van der Waals surface area contributed by atoms with Crippen LogP contribution in [0.25, 0.3) is 28.1 Å². The molecule has 0 bridgehead atoms. The molecule has 0 atom stereocenters. The maximum absolute atomic E-state index is 13.3. The fraction of sp³-hybridized carbons (Fsp3) is 0.0455. The third kappa shape index (κ3) is 3.43. The van der Waals surface area contributed by atoms with Gasteiger partial charge in [-0.1, -0.05) is 11.6 Å². The number of urea groups is 1. The van der Waals surface area contributed by atoms with Gasteiger partial charge in [0.15, 0.2) is 0 Å². The first-order chi connectivity index (χ1) is 15.1. The first kappa shape index (κ1) is 19.0. The summed E-state index contributed by atoms with van der Waals surface area (Å²) >= 11 is 5.98. The van der Waals surface area contributed by atoms with Crippen LogP contribution in [-0.2, 0) is 0 Å². The number of fused-ring (bicyclic) bond motifs is 1. The Balaban J connectivity index is 1.68. The van der Waals surface area contributed by atoms with Crippen LogP contribution < -0.4 is 15.8 Å². The lowest BCUT2D eigenvalue weighted by atomic mass is 10.1. The standard InChI is InChI=1S/C22H15ClN6O2/c23-15-4-7-19(26-12-15)29-20(27-18-8-10-24-13-17(18)21(29)30)14-2-5-16(6-3-14)28-11-1-9-25-22(28)31/h1-8,10-13H,9H2,(H,25,31). The average molecular weight is 431 g/mol. The smallest absolute Gasteiger partial charge is 0.326 e. The molecule has 0 spiro atoms. The van der Waals surface area contributed by atoms with Crippen LogP contribution in [0.2, 0.25) is 5.02 Å². The molecule has 0 radical (unpaired) electrons. The summed E-state index contributed by atoms with van der Waals surface area (Å²) in [5, 5.41) is 3.60. The number of pyridine rings is 2. The summed E-state index contributed by atoms with van der Waals surface area (Å²) in [4.78, 5) is 40.0. The van der Waals surface area contributed by atoms with Crippen molar-refractivity contribution in [3.8, 4) is 17.2 Å². The monoisotopic (exact) mass is 430 g/mol. The van der Waals surface area contributed by atoms with Crippen LogP contribution in [0, 0.1) is 0 Å². The number of benzene rings is 1. The third-order valence-electron chi connectivity index (χ3n) is 4.86. The SMILES string of the molecule is O=C1NCC=CN1c1ccc(-c2nc3ccncc3c(=O)n2-c2ccc(Cl)cn2)cc1. The van der Waals surface area contributed by atoms with Crippen molar-refractivity contribution < 1.29 is 4.79 Å². The Kier molecular flexibility index (Phi) is 4.68. The lowest BCUT2D eigenvalue weighted by molar-refractivity contribution is 0.248. The molecule has 0 saturated heterocycles. The van der Waals surface area contributed by atoms with E-state index in [1.165, 1.54) is 21.9 Å². The molecule has 1 aliphatic rings. The van der Waals surface area contributed by atoms with Crippen molar-refractivity contribution in [2.24, 2.45) is 0 Å². The molecule has 4 aromatic rings. The van der Waals surface area contributed by atoms with Crippen LogP contribution in [0.1, 0.15) is 0 Å². The number of aromatic nitrogens is 4. The second-order valence-electron chi connectivity index (χ2n) is 6.79. The lowest BCUT2D eigenvalue weighted by Gasteiger charge is -2.22. The predicted molar refractivity (Wildman–Crippen MR) is 118 cm³/mol. The van der Waals surface area contributed by atoms with Gasteiger partial charge in [-0.05, 0) is 48.5 Å². The Morgan fingerprint density at radius 2 is 1.84 bits per heavy atom. The van der Waals surface area contributed by atoms with Crippen LogP contribution in [0.4, 0.5) is 10.5 Å². The van der Waals surface area contributed by atoms with Crippen molar-refractivity contribution in [2.75, 3.05) is 11.4 Å². The van der Waals surface area contributed by atoms with Crippen molar-refractivity contribution in [2.45, 2.75) is 0 Å². The van der Waals surface area contributed by atoms with Gasteiger partial charge in [0.2, 0.25) is 0 Å². The van der Waals surface area contributed by atoms with Crippen LogP contribution in [0.5, 0.6) is 0 Å². The maximum Gasteiger partial charge on any atom is 0.326 e. The fourth-order valence-corrected chi connectivity index (χ4v) is 3.48. The molecule has 4 heterocycles. The molecule has 5 rings (SSSR count). The Morgan fingerprint density at radius 3 is 2.58 bits per heavy atom. The number of carbonyl (C=O) groups excluding carboxylic acids is 1. The molecule has 0 fully saturated rings. The molecule has 9 heteroatoms. The molecule has 0 unspecified atom stereocenters. The van der Waals surface area contributed by atoms with Gasteiger partial charge in [-0.25, -0.2) is 19.3 Å². The first-order valence-electron chi connectivity index (χ1n) is 9.45. The zero-order chi connectivity index (χ0) is 21.4. The number of hydrogen-bond acceptors (Lipinski definition) is 5. The predicted octanol–water partition coefficient (Wildman–Crippen LogP) is 3.54. The van der Waals surface area contributed by atoms with Gasteiger partial charge in [0, 0.05) is 36.9 Å². The van der Waals surface area contributed by atoms with Gasteiger partial charge in [-0.3, -0.25) is 14.7 Å². The summed E-state index contributed by atoms with van der Waals surface area (Å²) in [6.07, 6.45) is 8.14. The molecule has 1 aromatic carbocycles. The number of amides is 2. The van der Waals surface area contributed by atoms with Crippen LogP contribution in [0.15, 0.2) is 78.1 Å². The van der Waals surface area contributed by atoms with Gasteiger partial charge in [0.1, 0.15) is 11.6 Å². The first-order valence-corrected chi connectivity index (χ1v) is 9.82. The van der Waals surface area contributed by atoms with E-state index in [1.807, 2.05) is 18.2 Å². The van der Waals surface area contributed by atoms with Gasteiger partial charge in [0.25, 0.3) is 5.56 Å². The highest BCUT2D eigenvalue weighted by molar-refractivity contribution is 6.30. The van der Waals surface area contributed by atoms with E-state index in [1.54, 1.807) is 42.7 Å². The minimum atomic E-state index is -0.287. The third-order valence-corrected chi connectivity index (χ3v) is 5.08. The number of carbonyl (C=O) groups is 1. The Bertz CT molecular complexity index is 1380. The molecule has 1 N–H and O–H groups in total. The van der Waals surface area contributed by atoms with Crippen molar-refractivity contribution in [3.63, 3.8) is 0 Å². The summed E-state index contributed by atoms with van der Waals surface area (Å²) in [7, 11) is 0. The highest BCUT2D eigenvalue weighted by Crippen LogP contribution is 2.25. The number of halogens is 1. The Morgan fingerprint density at radius 1 is 1.00 bits per heavy atom. The highest BCUT2D eigenvalue weighted by Gasteiger charge is 2.18. The molecular formula is C22H15ClN6O2. The van der Waals surface area contributed by atoms with Gasteiger partial charge in [0.05, 0.1) is 21.6 Å². The van der Waals surface area contributed by atoms with Gasteiger partial charge in [-0.2, -0.15) is 0 Å². The minimum absolute atomic E-state index is 0.200. The van der Waals surface area contributed by atoms with E-state index in [0.29, 0.717) is 45.4 Å². The van der Waals surface area contributed by atoms with Gasteiger partial charge >= 0.3 is 6.03 Å². The van der Waals surface area contributed by atoms with E-state index in [2.05, 4.69) is 15.3 Å². The largest absolute Gasteiger partial charge is 0.334 e. The van der Waals surface area contributed by atoms with E-state index < -0.39 is 0 Å². The second kappa shape index (κ2) is 7.66. The van der Waals surface area contributed by atoms with E-state index in [0.717, 1.165) is 0 Å². The molecule has 0 saturated carbocycles. The van der Waals surface area contributed by atoms with Crippen LogP contribution in [0.3, 0.4) is 0 Å². The molecule has 1 aliphatic heterocycles. The van der Waals surface area contributed by atoms with Gasteiger partial charge in [-0.15, -0.1) is 0 Å². The summed E-state index contributed by atoms with van der Waals surface area (Å²) in [5.74, 6) is 0.814. The van der Waals surface area contributed by atoms with Crippen LogP contribution >= 0.6 is 11.6 Å². The van der Waals surface area contributed by atoms with Crippen molar-refractivity contribution in [1.29, 1.82) is 0 Å². The Hall–Kier alpha value is -4.04. The molecule has 31 heavy (non-hydrogen) atoms. The topological polar surface area (TPSA) is 93.0 Å². The van der Waals surface area contributed by atoms with Gasteiger partial charge < -0.3 is 5.32 Å². The molecule has 152 valence electrons. The number of hydrogen-bond donors (Lipinski definition) is 1. The summed E-state index contributed by atoms with van der Waals surface area (Å²) in [6.45, 7) is 0.504. The van der Waals surface area contributed by atoms with Crippen molar-refractivity contribution in [3.05, 3.63) is 88.7 Å². The molecule has 0 aliphatic carbocycles. The van der Waals surface area contributed by atoms with Crippen molar-refractivity contribution in [1.82, 2.24) is 24.8 Å². The molecule has 2 amide bonds. The zero-order valence-electron chi connectivity index (χ0n) is 16.1. The number of nitrogens with zero attached hydrogens (tertiary/aromatic N) is 5. The summed E-state index contributed by atoms with van der Waals surface area (Å²) < 4.78 is 1.43. The lowest BCUT2D eigenvalue weighted by Crippen LogP contribution is -2.39.